The van der Waals surface area contributed by atoms with Crippen LogP contribution in [0.25, 0.3) is 0 Å². The van der Waals surface area contributed by atoms with Gasteiger partial charge in [0.2, 0.25) is 10.0 Å². The fourth-order valence-corrected chi connectivity index (χ4v) is 2.77. The first-order valence-electron chi connectivity index (χ1n) is 6.82. The zero-order valence-electron chi connectivity index (χ0n) is 11.3. The zero-order valence-corrected chi connectivity index (χ0v) is 12.1. The molecular weight excluding hydrogens is 262 g/mol. The molecule has 106 valence electrons. The fraction of sp³-hybridized carbons (Fsp3) is 0.571. The van der Waals surface area contributed by atoms with Crippen molar-refractivity contribution in [1.82, 2.24) is 4.72 Å². The van der Waals surface area contributed by atoms with Gasteiger partial charge in [0.15, 0.2) is 0 Å². The van der Waals surface area contributed by atoms with E-state index in [1.54, 1.807) is 6.92 Å². The molecule has 0 unspecified atom stereocenters. The first kappa shape index (κ1) is 14.3. The van der Waals surface area contributed by atoms with Gasteiger partial charge in [-0.05, 0) is 50.3 Å². The molecule has 0 spiro atoms. The maximum atomic E-state index is 11.3. The Morgan fingerprint density at radius 1 is 1.21 bits per heavy atom. The number of hydrogen-bond acceptors (Lipinski definition) is 3. The third kappa shape index (κ3) is 4.51. The van der Waals surface area contributed by atoms with E-state index in [9.17, 15) is 8.42 Å². The molecule has 0 atom stereocenters. The van der Waals surface area contributed by atoms with E-state index < -0.39 is 10.0 Å². The summed E-state index contributed by atoms with van der Waals surface area (Å²) in [6, 6.07) is 7.63. The lowest BCUT2D eigenvalue weighted by molar-refractivity contribution is 0.210. The van der Waals surface area contributed by atoms with Crippen LogP contribution in [0.2, 0.25) is 0 Å². The fourth-order valence-electron chi connectivity index (χ4n) is 2.18. The van der Waals surface area contributed by atoms with E-state index in [1.807, 2.05) is 24.3 Å². The Morgan fingerprint density at radius 2 is 1.84 bits per heavy atom. The van der Waals surface area contributed by atoms with Crippen molar-refractivity contribution in [3.63, 3.8) is 0 Å². The molecule has 1 N–H and O–H groups in total. The molecule has 1 aliphatic rings. The van der Waals surface area contributed by atoms with Gasteiger partial charge in [-0.2, -0.15) is 0 Å². The highest BCUT2D eigenvalue weighted by Crippen LogP contribution is 2.24. The second-order valence-electron chi connectivity index (χ2n) is 4.89. The van der Waals surface area contributed by atoms with Crippen LogP contribution in [0.1, 0.15) is 38.2 Å². The highest BCUT2D eigenvalue weighted by molar-refractivity contribution is 7.89. The van der Waals surface area contributed by atoms with E-state index in [0.29, 0.717) is 12.6 Å². The Hall–Kier alpha value is -1.07. The second kappa shape index (κ2) is 6.39. The number of rotatable bonds is 6. The molecule has 19 heavy (non-hydrogen) atoms. The van der Waals surface area contributed by atoms with E-state index in [-0.39, 0.29) is 5.75 Å². The predicted octanol–water partition coefficient (Wildman–Crippen LogP) is 2.45. The first-order chi connectivity index (χ1) is 9.09. The van der Waals surface area contributed by atoms with Gasteiger partial charge in [-0.25, -0.2) is 13.1 Å². The molecule has 2 rings (SSSR count). The summed E-state index contributed by atoms with van der Waals surface area (Å²) in [5, 5.41) is 0. The number of sulfonamides is 1. The van der Waals surface area contributed by atoms with Crippen molar-refractivity contribution in [2.24, 2.45) is 0 Å². The van der Waals surface area contributed by atoms with Gasteiger partial charge >= 0.3 is 0 Å². The number of benzene rings is 1. The molecule has 0 radical (unpaired) electrons. The Morgan fingerprint density at radius 3 is 2.42 bits per heavy atom. The Bertz CT molecular complexity index is 490. The van der Waals surface area contributed by atoms with Gasteiger partial charge in [0, 0.05) is 6.54 Å². The van der Waals surface area contributed by atoms with Gasteiger partial charge in [-0.15, -0.1) is 0 Å². The maximum absolute atomic E-state index is 11.3. The smallest absolute Gasteiger partial charge is 0.211 e. The molecule has 1 saturated carbocycles. The number of nitrogens with one attached hydrogen (secondary N) is 1. The normalized spacial score (nSPS) is 16.7. The molecule has 0 aromatic heterocycles. The number of ether oxygens (including phenoxy) is 1. The minimum atomic E-state index is -3.13. The van der Waals surface area contributed by atoms with Crippen molar-refractivity contribution in [1.29, 1.82) is 0 Å². The molecular formula is C14H21NO3S. The van der Waals surface area contributed by atoms with Crippen LogP contribution in [0.4, 0.5) is 0 Å². The summed E-state index contributed by atoms with van der Waals surface area (Å²) >= 11 is 0. The van der Waals surface area contributed by atoms with E-state index in [2.05, 4.69) is 4.72 Å². The minimum Gasteiger partial charge on any atom is -0.490 e. The average Bonchev–Trinajstić information content (AvgIpc) is 2.91. The van der Waals surface area contributed by atoms with Crippen LogP contribution in [0.5, 0.6) is 5.75 Å². The van der Waals surface area contributed by atoms with E-state index >= 15 is 0 Å². The molecule has 1 fully saturated rings. The van der Waals surface area contributed by atoms with Crippen LogP contribution in [0.15, 0.2) is 24.3 Å². The van der Waals surface area contributed by atoms with Crippen LogP contribution in [-0.2, 0) is 16.6 Å². The lowest BCUT2D eigenvalue weighted by atomic mass is 10.2. The third-order valence-corrected chi connectivity index (χ3v) is 4.75. The lowest BCUT2D eigenvalue weighted by Crippen LogP contribution is -2.24. The zero-order chi connectivity index (χ0) is 13.7. The van der Waals surface area contributed by atoms with Gasteiger partial charge in [0.1, 0.15) is 5.75 Å². The highest BCUT2D eigenvalue weighted by Gasteiger charge is 2.16. The van der Waals surface area contributed by atoms with Crippen LogP contribution < -0.4 is 9.46 Å². The van der Waals surface area contributed by atoms with Crippen LogP contribution in [0, 0.1) is 0 Å². The molecule has 5 heteroatoms. The average molecular weight is 283 g/mol. The largest absolute Gasteiger partial charge is 0.490 e. The molecule has 0 saturated heterocycles. The summed E-state index contributed by atoms with van der Waals surface area (Å²) < 4.78 is 31.1. The van der Waals surface area contributed by atoms with Crippen molar-refractivity contribution in [3.05, 3.63) is 29.8 Å². The van der Waals surface area contributed by atoms with Crippen LogP contribution >= 0.6 is 0 Å². The lowest BCUT2D eigenvalue weighted by Gasteiger charge is -2.13. The summed E-state index contributed by atoms with van der Waals surface area (Å²) in [5.41, 5.74) is 0.941. The molecule has 1 aliphatic carbocycles. The number of hydrogen-bond donors (Lipinski definition) is 1. The molecule has 0 amide bonds. The maximum Gasteiger partial charge on any atom is 0.211 e. The summed E-state index contributed by atoms with van der Waals surface area (Å²) in [4.78, 5) is 0. The van der Waals surface area contributed by atoms with Gasteiger partial charge in [-0.3, -0.25) is 0 Å². The Kier molecular flexibility index (Phi) is 4.82. The topological polar surface area (TPSA) is 55.4 Å². The van der Waals surface area contributed by atoms with Gasteiger partial charge in [0.25, 0.3) is 0 Å². The summed E-state index contributed by atoms with van der Waals surface area (Å²) in [6.45, 7) is 1.96. The summed E-state index contributed by atoms with van der Waals surface area (Å²) in [7, 11) is -3.13. The quantitative estimate of drug-likeness (QED) is 0.872. The van der Waals surface area contributed by atoms with E-state index in [0.717, 1.165) is 24.2 Å². The Labute approximate surface area is 115 Å². The minimum absolute atomic E-state index is 0.107. The molecule has 1 aromatic carbocycles. The SMILES string of the molecule is CCS(=O)(=O)NCc1ccc(OC2CCCC2)cc1. The van der Waals surface area contributed by atoms with Crippen molar-refractivity contribution < 1.29 is 13.2 Å². The van der Waals surface area contributed by atoms with Gasteiger partial charge in [-0.1, -0.05) is 12.1 Å². The van der Waals surface area contributed by atoms with Crippen molar-refractivity contribution in [2.75, 3.05) is 5.75 Å². The second-order valence-corrected chi connectivity index (χ2v) is 6.99. The van der Waals surface area contributed by atoms with E-state index in [1.165, 1.54) is 12.8 Å². The van der Waals surface area contributed by atoms with Crippen LogP contribution in [-0.4, -0.2) is 20.3 Å². The first-order valence-corrected chi connectivity index (χ1v) is 8.47. The molecule has 1 aromatic rings. The summed E-state index contributed by atoms with van der Waals surface area (Å²) in [6.07, 6.45) is 5.13. The van der Waals surface area contributed by atoms with Crippen molar-refractivity contribution in [3.8, 4) is 5.75 Å². The molecule has 0 heterocycles. The Balaban J connectivity index is 1.87. The highest BCUT2D eigenvalue weighted by atomic mass is 32.2. The van der Waals surface area contributed by atoms with Crippen molar-refractivity contribution in [2.45, 2.75) is 45.3 Å². The molecule has 0 bridgehead atoms. The molecule has 0 aliphatic heterocycles. The van der Waals surface area contributed by atoms with E-state index in [4.69, 9.17) is 4.74 Å². The predicted molar refractivity (Wildman–Crippen MR) is 75.6 cm³/mol. The van der Waals surface area contributed by atoms with Crippen molar-refractivity contribution >= 4 is 10.0 Å². The molecule has 4 nitrogen and oxygen atoms in total. The van der Waals surface area contributed by atoms with Gasteiger partial charge < -0.3 is 4.74 Å². The standard InChI is InChI=1S/C14H21NO3S/c1-2-19(16,17)15-11-12-7-9-14(10-8-12)18-13-5-3-4-6-13/h7-10,13,15H,2-6,11H2,1H3. The monoisotopic (exact) mass is 283 g/mol. The van der Waals surface area contributed by atoms with Gasteiger partial charge in [0.05, 0.1) is 11.9 Å². The third-order valence-electron chi connectivity index (χ3n) is 3.40. The summed E-state index contributed by atoms with van der Waals surface area (Å²) in [5.74, 6) is 0.976. The van der Waals surface area contributed by atoms with Crippen LogP contribution in [0.3, 0.4) is 0 Å².